The Morgan fingerprint density at radius 1 is 1.22 bits per heavy atom. The summed E-state index contributed by atoms with van der Waals surface area (Å²) in [4.78, 5) is 4.64. The molecule has 0 aliphatic heterocycles. The van der Waals surface area contributed by atoms with E-state index in [9.17, 15) is 0 Å². The minimum Gasteiger partial charge on any atom is -0.305 e. The number of nitrogens with one attached hydrogen (secondary N) is 1. The fraction of sp³-hybridized carbons (Fsp3) is 0.400. The van der Waals surface area contributed by atoms with Crippen LogP contribution in [0.2, 0.25) is 0 Å². The first-order valence-electron chi connectivity index (χ1n) is 6.35. The molecule has 0 amide bonds. The van der Waals surface area contributed by atoms with Crippen molar-refractivity contribution in [1.82, 2.24) is 10.3 Å². The smallest absolute Gasteiger partial charge is 0.114 e. The van der Waals surface area contributed by atoms with Crippen LogP contribution in [0.5, 0.6) is 0 Å². The topological polar surface area (TPSA) is 24.9 Å². The summed E-state index contributed by atoms with van der Waals surface area (Å²) in [6.07, 6.45) is 0. The number of thiazole rings is 1. The van der Waals surface area contributed by atoms with Gasteiger partial charge in [0.25, 0.3) is 0 Å². The molecule has 0 radical (unpaired) electrons. The Labute approximate surface area is 113 Å². The summed E-state index contributed by atoms with van der Waals surface area (Å²) in [5, 5.41) is 6.84. The second kappa shape index (κ2) is 5.63. The van der Waals surface area contributed by atoms with Crippen molar-refractivity contribution in [2.75, 3.05) is 6.54 Å². The molecule has 0 saturated heterocycles. The fourth-order valence-electron chi connectivity index (χ4n) is 2.30. The van der Waals surface area contributed by atoms with Crippen LogP contribution in [-0.2, 0) is 0 Å². The van der Waals surface area contributed by atoms with Gasteiger partial charge in [0, 0.05) is 11.1 Å². The van der Waals surface area contributed by atoms with E-state index in [1.54, 1.807) is 11.3 Å². The second-order valence-corrected chi connectivity index (χ2v) is 5.51. The van der Waals surface area contributed by atoms with Gasteiger partial charge in [-0.25, -0.2) is 4.98 Å². The van der Waals surface area contributed by atoms with Gasteiger partial charge in [0.05, 0.1) is 6.04 Å². The fourth-order valence-corrected chi connectivity index (χ4v) is 3.18. The molecule has 2 aromatic rings. The highest BCUT2D eigenvalue weighted by Crippen LogP contribution is 2.29. The van der Waals surface area contributed by atoms with Crippen LogP contribution in [0.25, 0.3) is 0 Å². The summed E-state index contributed by atoms with van der Waals surface area (Å²) < 4.78 is 0. The third kappa shape index (κ3) is 2.62. The van der Waals surface area contributed by atoms with E-state index in [-0.39, 0.29) is 6.04 Å². The molecule has 1 aromatic heterocycles. The molecule has 2 rings (SSSR count). The van der Waals surface area contributed by atoms with E-state index >= 15 is 0 Å². The molecule has 3 heteroatoms. The van der Waals surface area contributed by atoms with Crippen molar-refractivity contribution < 1.29 is 0 Å². The Morgan fingerprint density at radius 2 is 1.89 bits per heavy atom. The maximum atomic E-state index is 4.64. The molecule has 96 valence electrons. The second-order valence-electron chi connectivity index (χ2n) is 4.62. The van der Waals surface area contributed by atoms with Crippen molar-refractivity contribution >= 4 is 11.3 Å². The van der Waals surface area contributed by atoms with Gasteiger partial charge in [-0.05, 0) is 44.0 Å². The number of nitrogens with zero attached hydrogens (tertiary/aromatic N) is 1. The third-order valence-electron chi connectivity index (χ3n) is 3.12. The first-order chi connectivity index (χ1) is 8.63. The molecule has 2 nitrogen and oxygen atoms in total. The van der Waals surface area contributed by atoms with Crippen molar-refractivity contribution in [3.05, 3.63) is 51.0 Å². The van der Waals surface area contributed by atoms with Crippen molar-refractivity contribution in [3.63, 3.8) is 0 Å². The van der Waals surface area contributed by atoms with E-state index in [2.05, 4.69) is 54.7 Å². The van der Waals surface area contributed by atoms with Crippen molar-refractivity contribution in [2.45, 2.75) is 33.7 Å². The molecule has 0 bridgehead atoms. The molecule has 0 spiro atoms. The highest BCUT2D eigenvalue weighted by Gasteiger charge is 2.19. The van der Waals surface area contributed by atoms with E-state index < -0.39 is 0 Å². The zero-order chi connectivity index (χ0) is 13.1. The third-order valence-corrected chi connectivity index (χ3v) is 4.15. The number of hydrogen-bond donors (Lipinski definition) is 1. The highest BCUT2D eigenvalue weighted by atomic mass is 32.1. The van der Waals surface area contributed by atoms with Gasteiger partial charge >= 0.3 is 0 Å². The Morgan fingerprint density at radius 3 is 2.39 bits per heavy atom. The zero-order valence-corrected chi connectivity index (χ0v) is 12.3. The van der Waals surface area contributed by atoms with Gasteiger partial charge in [0.15, 0.2) is 0 Å². The Balaban J connectivity index is 2.47. The van der Waals surface area contributed by atoms with Crippen LogP contribution >= 0.6 is 11.3 Å². The minimum atomic E-state index is 0.217. The van der Waals surface area contributed by atoms with Crippen LogP contribution < -0.4 is 5.32 Å². The SMILES string of the molecule is CCNC(c1nc(C)cs1)c1c(C)cccc1C. The molecule has 0 fully saturated rings. The van der Waals surface area contributed by atoms with E-state index in [1.807, 2.05) is 6.92 Å². The lowest BCUT2D eigenvalue weighted by Crippen LogP contribution is -2.23. The van der Waals surface area contributed by atoms with Crippen molar-refractivity contribution in [3.8, 4) is 0 Å². The molecule has 1 aromatic carbocycles. The molecule has 0 aliphatic carbocycles. The monoisotopic (exact) mass is 260 g/mol. The Bertz CT molecular complexity index is 511. The molecule has 1 atom stereocenters. The first-order valence-corrected chi connectivity index (χ1v) is 7.23. The number of rotatable bonds is 4. The largest absolute Gasteiger partial charge is 0.305 e. The van der Waals surface area contributed by atoms with Crippen LogP contribution in [0, 0.1) is 20.8 Å². The van der Waals surface area contributed by atoms with Crippen molar-refractivity contribution in [2.24, 2.45) is 0 Å². The zero-order valence-electron chi connectivity index (χ0n) is 11.4. The van der Waals surface area contributed by atoms with Crippen LogP contribution in [0.1, 0.15) is 40.4 Å². The molecular formula is C15H20N2S. The number of hydrogen-bond acceptors (Lipinski definition) is 3. The Kier molecular flexibility index (Phi) is 4.15. The number of aromatic nitrogens is 1. The average Bonchev–Trinajstić information content (AvgIpc) is 2.74. The molecule has 18 heavy (non-hydrogen) atoms. The summed E-state index contributed by atoms with van der Waals surface area (Å²) in [6.45, 7) is 9.48. The van der Waals surface area contributed by atoms with Crippen molar-refractivity contribution in [1.29, 1.82) is 0 Å². The van der Waals surface area contributed by atoms with Crippen LogP contribution in [0.4, 0.5) is 0 Å². The standard InChI is InChI=1S/C15H20N2S/c1-5-16-14(15-17-12(4)9-18-15)13-10(2)7-6-8-11(13)3/h6-9,14,16H,5H2,1-4H3. The summed E-state index contributed by atoms with van der Waals surface area (Å²) in [5.74, 6) is 0. The summed E-state index contributed by atoms with van der Waals surface area (Å²) in [6, 6.07) is 6.68. The quantitative estimate of drug-likeness (QED) is 0.905. The maximum absolute atomic E-state index is 4.64. The van der Waals surface area contributed by atoms with Gasteiger partial charge in [-0.2, -0.15) is 0 Å². The minimum absolute atomic E-state index is 0.217. The predicted molar refractivity (Wildman–Crippen MR) is 78.3 cm³/mol. The van der Waals surface area contributed by atoms with Gasteiger partial charge in [0.1, 0.15) is 5.01 Å². The van der Waals surface area contributed by atoms with E-state index in [0.717, 1.165) is 17.2 Å². The first kappa shape index (κ1) is 13.2. The lowest BCUT2D eigenvalue weighted by atomic mass is 9.96. The van der Waals surface area contributed by atoms with Crippen LogP contribution in [-0.4, -0.2) is 11.5 Å². The lowest BCUT2D eigenvalue weighted by Gasteiger charge is -2.20. The lowest BCUT2D eigenvalue weighted by molar-refractivity contribution is 0.620. The molecule has 0 saturated carbocycles. The van der Waals surface area contributed by atoms with Crippen LogP contribution in [0.3, 0.4) is 0 Å². The Hall–Kier alpha value is -1.19. The average molecular weight is 260 g/mol. The van der Waals surface area contributed by atoms with Gasteiger partial charge in [-0.1, -0.05) is 25.1 Å². The number of benzene rings is 1. The summed E-state index contributed by atoms with van der Waals surface area (Å²) in [5.41, 5.74) is 5.13. The van der Waals surface area contributed by atoms with E-state index in [4.69, 9.17) is 0 Å². The molecular weight excluding hydrogens is 240 g/mol. The molecule has 1 unspecified atom stereocenters. The normalized spacial score (nSPS) is 12.7. The summed E-state index contributed by atoms with van der Waals surface area (Å²) >= 11 is 1.74. The highest BCUT2D eigenvalue weighted by molar-refractivity contribution is 7.09. The van der Waals surface area contributed by atoms with Gasteiger partial charge < -0.3 is 5.32 Å². The van der Waals surface area contributed by atoms with E-state index in [1.165, 1.54) is 16.7 Å². The van der Waals surface area contributed by atoms with Gasteiger partial charge in [0.2, 0.25) is 0 Å². The van der Waals surface area contributed by atoms with Crippen LogP contribution in [0.15, 0.2) is 23.6 Å². The maximum Gasteiger partial charge on any atom is 0.114 e. The number of aryl methyl sites for hydroxylation is 3. The molecule has 1 N–H and O–H groups in total. The predicted octanol–water partition coefficient (Wildman–Crippen LogP) is 3.77. The molecule has 0 aliphatic rings. The van der Waals surface area contributed by atoms with E-state index in [0.29, 0.717) is 0 Å². The summed E-state index contributed by atoms with van der Waals surface area (Å²) in [7, 11) is 0. The van der Waals surface area contributed by atoms with Gasteiger partial charge in [-0.3, -0.25) is 0 Å². The van der Waals surface area contributed by atoms with Gasteiger partial charge in [-0.15, -0.1) is 11.3 Å². The molecule has 1 heterocycles.